The van der Waals surface area contributed by atoms with Gasteiger partial charge in [-0.2, -0.15) is 0 Å². The van der Waals surface area contributed by atoms with E-state index in [0.29, 0.717) is 16.4 Å². The molecule has 0 atom stereocenters. The molecule has 0 unspecified atom stereocenters. The van der Waals surface area contributed by atoms with Crippen molar-refractivity contribution in [3.8, 4) is 0 Å². The molecule has 0 radical (unpaired) electrons. The molecule has 21 heavy (non-hydrogen) atoms. The maximum Gasteiger partial charge on any atom is 0.258 e. The molecule has 0 amide bonds. The third kappa shape index (κ3) is 2.94. The first-order valence-corrected chi connectivity index (χ1v) is 7.73. The van der Waals surface area contributed by atoms with E-state index in [4.69, 9.17) is 11.6 Å². The van der Waals surface area contributed by atoms with Crippen molar-refractivity contribution in [2.45, 2.75) is 17.7 Å². The van der Waals surface area contributed by atoms with E-state index in [2.05, 4.69) is 9.97 Å². The van der Waals surface area contributed by atoms with E-state index >= 15 is 0 Å². The molecule has 0 saturated heterocycles. The minimum Gasteiger partial charge on any atom is -0.269 e. The lowest BCUT2D eigenvalue weighted by Gasteiger charge is -2.06. The Morgan fingerprint density at radius 3 is 3.00 bits per heavy atom. The second kappa shape index (κ2) is 5.87. The van der Waals surface area contributed by atoms with E-state index in [0.717, 1.165) is 16.3 Å². The Morgan fingerprint density at radius 1 is 1.33 bits per heavy atom. The predicted molar refractivity (Wildman–Crippen MR) is 85.0 cm³/mol. The largest absolute Gasteiger partial charge is 0.269 e. The van der Waals surface area contributed by atoms with Crippen molar-refractivity contribution < 1.29 is 0 Å². The molecule has 0 saturated carbocycles. The third-order valence-electron chi connectivity index (χ3n) is 3.02. The zero-order valence-electron chi connectivity index (χ0n) is 11.3. The number of hydrogen-bond acceptors (Lipinski definition) is 4. The molecule has 0 aliphatic heterocycles. The van der Waals surface area contributed by atoms with E-state index in [1.807, 2.05) is 19.1 Å². The monoisotopic (exact) mass is 317 g/mol. The molecule has 3 aromatic rings. The maximum absolute atomic E-state index is 12.1. The number of hydrogen-bond donors (Lipinski definition) is 0. The number of aromatic nitrogens is 3. The Kier molecular flexibility index (Phi) is 3.94. The zero-order valence-corrected chi connectivity index (χ0v) is 12.9. The zero-order chi connectivity index (χ0) is 14.8. The van der Waals surface area contributed by atoms with Gasteiger partial charge in [0.05, 0.1) is 10.7 Å². The summed E-state index contributed by atoms with van der Waals surface area (Å²) in [5, 5.41) is 1.35. The van der Waals surface area contributed by atoms with Gasteiger partial charge in [-0.3, -0.25) is 9.20 Å². The first-order chi connectivity index (χ1) is 10.1. The van der Waals surface area contributed by atoms with Crippen LogP contribution in [0.2, 0.25) is 5.02 Å². The summed E-state index contributed by atoms with van der Waals surface area (Å²) < 4.78 is 1.55. The molecule has 0 N–H and O–H groups in total. The standard InChI is InChI=1S/C15H12ClN3OS/c1-10-4-3-7-19-13(20)8-11(18-14(10)19)9-21-15-12(16)5-2-6-17-15/h2-8H,9H2,1H3. The van der Waals surface area contributed by atoms with Gasteiger partial charge in [-0.05, 0) is 30.7 Å². The van der Waals surface area contributed by atoms with Gasteiger partial charge >= 0.3 is 0 Å². The molecular formula is C15H12ClN3OS. The second-order valence-electron chi connectivity index (χ2n) is 4.55. The number of pyridine rings is 2. The predicted octanol–water partition coefficient (Wildman–Crippen LogP) is 3.34. The average molecular weight is 318 g/mol. The molecule has 4 nitrogen and oxygen atoms in total. The Morgan fingerprint density at radius 2 is 2.19 bits per heavy atom. The molecular weight excluding hydrogens is 306 g/mol. The number of thioether (sulfide) groups is 1. The molecule has 106 valence electrons. The molecule has 0 aliphatic carbocycles. The fraction of sp³-hybridized carbons (Fsp3) is 0.133. The van der Waals surface area contributed by atoms with Crippen LogP contribution in [0.3, 0.4) is 0 Å². The van der Waals surface area contributed by atoms with Crippen LogP contribution in [0.1, 0.15) is 11.3 Å². The topological polar surface area (TPSA) is 47.3 Å². The quantitative estimate of drug-likeness (QED) is 0.695. The summed E-state index contributed by atoms with van der Waals surface area (Å²) in [6.45, 7) is 1.94. The highest BCUT2D eigenvalue weighted by Gasteiger charge is 2.07. The highest BCUT2D eigenvalue weighted by molar-refractivity contribution is 7.98. The van der Waals surface area contributed by atoms with Gasteiger partial charge in [-0.25, -0.2) is 9.97 Å². The molecule has 3 rings (SSSR count). The Bertz CT molecular complexity index is 863. The van der Waals surface area contributed by atoms with Crippen molar-refractivity contribution in [1.29, 1.82) is 0 Å². The first kappa shape index (κ1) is 14.1. The molecule has 3 heterocycles. The van der Waals surface area contributed by atoms with Gasteiger partial charge in [0, 0.05) is 24.2 Å². The van der Waals surface area contributed by atoms with Gasteiger partial charge in [0.15, 0.2) is 0 Å². The third-order valence-corrected chi connectivity index (χ3v) is 4.48. The fourth-order valence-electron chi connectivity index (χ4n) is 2.00. The summed E-state index contributed by atoms with van der Waals surface area (Å²) in [4.78, 5) is 20.9. The SMILES string of the molecule is Cc1cccn2c(=O)cc(CSc3ncccc3Cl)nc12. The Labute approximate surface area is 130 Å². The minimum atomic E-state index is -0.0774. The van der Waals surface area contributed by atoms with Crippen LogP contribution in [0, 0.1) is 6.92 Å². The van der Waals surface area contributed by atoms with Crippen LogP contribution in [-0.4, -0.2) is 14.4 Å². The highest BCUT2D eigenvalue weighted by atomic mass is 35.5. The molecule has 3 aromatic heterocycles. The summed E-state index contributed by atoms with van der Waals surface area (Å²) in [6, 6.07) is 8.91. The van der Waals surface area contributed by atoms with Crippen LogP contribution in [0.5, 0.6) is 0 Å². The number of aryl methyl sites for hydroxylation is 1. The Hall–Kier alpha value is -1.85. The van der Waals surface area contributed by atoms with Crippen LogP contribution in [0.15, 0.2) is 52.5 Å². The van der Waals surface area contributed by atoms with E-state index in [9.17, 15) is 4.79 Å². The van der Waals surface area contributed by atoms with Crippen LogP contribution < -0.4 is 5.56 Å². The fourth-order valence-corrected chi connectivity index (χ4v) is 3.06. The summed E-state index contributed by atoms with van der Waals surface area (Å²) in [6.07, 6.45) is 3.42. The lowest BCUT2D eigenvalue weighted by atomic mass is 10.3. The number of rotatable bonds is 3. The average Bonchev–Trinajstić information content (AvgIpc) is 2.48. The normalized spacial score (nSPS) is 11.0. The van der Waals surface area contributed by atoms with Crippen LogP contribution in [-0.2, 0) is 5.75 Å². The van der Waals surface area contributed by atoms with E-state index in [-0.39, 0.29) is 5.56 Å². The van der Waals surface area contributed by atoms with Crippen molar-refractivity contribution in [2.75, 3.05) is 0 Å². The number of fused-ring (bicyclic) bond motifs is 1. The van der Waals surface area contributed by atoms with Gasteiger partial charge in [-0.1, -0.05) is 29.4 Å². The van der Waals surface area contributed by atoms with Crippen molar-refractivity contribution in [2.24, 2.45) is 0 Å². The summed E-state index contributed by atoms with van der Waals surface area (Å²) >= 11 is 7.54. The number of nitrogens with zero attached hydrogens (tertiary/aromatic N) is 3. The van der Waals surface area contributed by atoms with E-state index in [1.165, 1.54) is 11.8 Å². The minimum absolute atomic E-state index is 0.0774. The molecule has 0 fully saturated rings. The van der Waals surface area contributed by atoms with Crippen molar-refractivity contribution in [1.82, 2.24) is 14.4 Å². The van der Waals surface area contributed by atoms with Crippen molar-refractivity contribution in [3.05, 3.63) is 69.4 Å². The van der Waals surface area contributed by atoms with E-state index < -0.39 is 0 Å². The molecule has 0 spiro atoms. The highest BCUT2D eigenvalue weighted by Crippen LogP contribution is 2.26. The van der Waals surface area contributed by atoms with Crippen LogP contribution in [0.4, 0.5) is 0 Å². The lowest BCUT2D eigenvalue weighted by Crippen LogP contribution is -2.15. The molecule has 0 aliphatic rings. The van der Waals surface area contributed by atoms with Gasteiger partial charge in [0.25, 0.3) is 5.56 Å². The Balaban J connectivity index is 1.93. The summed E-state index contributed by atoms with van der Waals surface area (Å²) in [7, 11) is 0. The van der Waals surface area contributed by atoms with Gasteiger partial charge < -0.3 is 0 Å². The van der Waals surface area contributed by atoms with Crippen molar-refractivity contribution >= 4 is 29.0 Å². The maximum atomic E-state index is 12.1. The van der Waals surface area contributed by atoms with Gasteiger partial charge in [0.2, 0.25) is 0 Å². The second-order valence-corrected chi connectivity index (χ2v) is 5.92. The molecule has 0 bridgehead atoms. The van der Waals surface area contributed by atoms with Gasteiger partial charge in [-0.15, -0.1) is 0 Å². The first-order valence-electron chi connectivity index (χ1n) is 6.36. The molecule has 6 heteroatoms. The summed E-state index contributed by atoms with van der Waals surface area (Å²) in [5.74, 6) is 0.552. The van der Waals surface area contributed by atoms with Crippen LogP contribution >= 0.6 is 23.4 Å². The van der Waals surface area contributed by atoms with Crippen molar-refractivity contribution in [3.63, 3.8) is 0 Å². The smallest absolute Gasteiger partial charge is 0.258 e. The van der Waals surface area contributed by atoms with Crippen LogP contribution in [0.25, 0.3) is 5.65 Å². The summed E-state index contributed by atoms with van der Waals surface area (Å²) in [5.41, 5.74) is 2.30. The van der Waals surface area contributed by atoms with Gasteiger partial charge in [0.1, 0.15) is 10.7 Å². The number of halogens is 1. The lowest BCUT2D eigenvalue weighted by molar-refractivity contribution is 0.999. The molecule has 0 aromatic carbocycles. The van der Waals surface area contributed by atoms with E-state index in [1.54, 1.807) is 35.0 Å².